The number of hydrogen-bond donors (Lipinski definition) is 0. The summed E-state index contributed by atoms with van der Waals surface area (Å²) in [6, 6.07) is 4.66. The molecule has 0 saturated carbocycles. The smallest absolute Gasteiger partial charge is 0.124 e. The Morgan fingerprint density at radius 1 is 1.20 bits per heavy atom. The Morgan fingerprint density at radius 3 is 2.80 bits per heavy atom. The number of fused-ring (bicyclic) bond motifs is 1. The van der Waals surface area contributed by atoms with Crippen LogP contribution in [0.15, 0.2) is 18.3 Å². The Kier molecular flexibility index (Phi) is 6.97. The van der Waals surface area contributed by atoms with Gasteiger partial charge in [0.2, 0.25) is 0 Å². The normalized spacial score (nSPS) is 21.4. The van der Waals surface area contributed by atoms with Gasteiger partial charge in [-0.1, -0.05) is 18.2 Å². The van der Waals surface area contributed by atoms with Gasteiger partial charge >= 0.3 is 0 Å². The number of pyridine rings is 1. The number of rotatable bonds is 6. The topological polar surface area (TPSA) is 46.4 Å². The first kappa shape index (κ1) is 21.2. The van der Waals surface area contributed by atoms with Gasteiger partial charge in [0.25, 0.3) is 0 Å². The standard InChI is InChI=1S/C24H35N5O/c1-4-20-21(5-2)29(13-12-28-14-16-30-17-15-28)23(26-20)18-27(3)22-10-6-8-19-9-7-11-25-24(19)22/h4-5,7,9,11,22H,6,8,10,12-18H2,1-3H3/b20-4+,21-5+. The Labute approximate surface area is 179 Å². The zero-order valence-electron chi connectivity index (χ0n) is 18.7. The summed E-state index contributed by atoms with van der Waals surface area (Å²) in [7, 11) is 2.22. The van der Waals surface area contributed by atoms with E-state index in [4.69, 9.17) is 14.7 Å². The van der Waals surface area contributed by atoms with Crippen molar-refractivity contribution in [1.29, 1.82) is 0 Å². The quantitative estimate of drug-likeness (QED) is 0.727. The molecular weight excluding hydrogens is 374 g/mol. The van der Waals surface area contributed by atoms with Crippen LogP contribution in [0.3, 0.4) is 0 Å². The van der Waals surface area contributed by atoms with Crippen molar-refractivity contribution >= 4 is 12.2 Å². The van der Waals surface area contributed by atoms with E-state index < -0.39 is 0 Å². The number of aryl methyl sites for hydroxylation is 1. The van der Waals surface area contributed by atoms with Crippen molar-refractivity contribution < 1.29 is 4.74 Å². The van der Waals surface area contributed by atoms with Crippen molar-refractivity contribution in [1.82, 2.24) is 24.3 Å². The lowest BCUT2D eigenvalue weighted by molar-refractivity contribution is 0.0361. The Balaban J connectivity index is 1.57. The highest BCUT2D eigenvalue weighted by molar-refractivity contribution is 5.26. The maximum absolute atomic E-state index is 5.51. The number of imidazole rings is 1. The first-order chi connectivity index (χ1) is 14.7. The summed E-state index contributed by atoms with van der Waals surface area (Å²) in [6.07, 6.45) is 9.79. The van der Waals surface area contributed by atoms with Crippen LogP contribution >= 0.6 is 0 Å². The van der Waals surface area contributed by atoms with E-state index in [2.05, 4.69) is 59.5 Å². The van der Waals surface area contributed by atoms with Gasteiger partial charge in [0.1, 0.15) is 5.82 Å². The molecule has 1 saturated heterocycles. The van der Waals surface area contributed by atoms with Crippen molar-refractivity contribution in [3.8, 4) is 0 Å². The van der Waals surface area contributed by atoms with Crippen molar-refractivity contribution in [2.24, 2.45) is 0 Å². The van der Waals surface area contributed by atoms with E-state index in [1.54, 1.807) is 0 Å². The predicted molar refractivity (Wildman–Crippen MR) is 120 cm³/mol. The van der Waals surface area contributed by atoms with E-state index in [9.17, 15) is 0 Å². The predicted octanol–water partition coefficient (Wildman–Crippen LogP) is 1.72. The van der Waals surface area contributed by atoms with E-state index in [1.165, 1.54) is 23.0 Å². The molecule has 30 heavy (non-hydrogen) atoms. The third-order valence-electron chi connectivity index (χ3n) is 6.49. The van der Waals surface area contributed by atoms with Gasteiger partial charge in [-0.2, -0.15) is 0 Å². The average Bonchev–Trinajstić information content (AvgIpc) is 3.14. The molecule has 2 aromatic heterocycles. The summed E-state index contributed by atoms with van der Waals surface area (Å²) >= 11 is 0. The Bertz CT molecular complexity index is 960. The Hall–Kier alpha value is -2.02. The molecule has 2 aromatic rings. The third kappa shape index (κ3) is 4.51. The molecule has 1 aliphatic heterocycles. The molecular formula is C24H35N5O. The molecule has 1 unspecified atom stereocenters. The lowest BCUT2D eigenvalue weighted by atomic mass is 9.91. The highest BCUT2D eigenvalue weighted by Gasteiger charge is 2.26. The molecule has 0 N–H and O–H groups in total. The summed E-state index contributed by atoms with van der Waals surface area (Å²) in [5, 5.41) is 2.32. The molecule has 0 bridgehead atoms. The minimum atomic E-state index is 0.363. The fourth-order valence-electron chi connectivity index (χ4n) is 4.83. The van der Waals surface area contributed by atoms with E-state index in [-0.39, 0.29) is 0 Å². The van der Waals surface area contributed by atoms with Gasteiger partial charge in [-0.15, -0.1) is 0 Å². The second kappa shape index (κ2) is 9.86. The van der Waals surface area contributed by atoms with Crippen molar-refractivity contribution in [2.45, 2.75) is 52.2 Å². The van der Waals surface area contributed by atoms with Crippen LogP contribution in [0.1, 0.15) is 49.8 Å². The van der Waals surface area contributed by atoms with Gasteiger partial charge < -0.3 is 9.30 Å². The maximum atomic E-state index is 5.51. The van der Waals surface area contributed by atoms with Crippen LogP contribution in [0.25, 0.3) is 12.2 Å². The molecule has 3 heterocycles. The fourth-order valence-corrected chi connectivity index (χ4v) is 4.83. The Morgan fingerprint density at radius 2 is 2.03 bits per heavy atom. The summed E-state index contributed by atoms with van der Waals surface area (Å²) in [4.78, 5) is 14.7. The molecule has 1 aliphatic carbocycles. The molecule has 0 amide bonds. The van der Waals surface area contributed by atoms with Gasteiger partial charge in [-0.05, 0) is 51.8 Å². The molecule has 0 aromatic carbocycles. The summed E-state index contributed by atoms with van der Waals surface area (Å²) in [6.45, 7) is 10.7. The lowest BCUT2D eigenvalue weighted by Gasteiger charge is -2.32. The first-order valence-electron chi connectivity index (χ1n) is 11.3. The van der Waals surface area contributed by atoms with Gasteiger partial charge in [-0.3, -0.25) is 14.8 Å². The second-order valence-electron chi connectivity index (χ2n) is 8.35. The largest absolute Gasteiger partial charge is 0.379 e. The lowest BCUT2D eigenvalue weighted by Crippen LogP contribution is -2.40. The molecule has 0 spiro atoms. The van der Waals surface area contributed by atoms with Crippen LogP contribution in [0.4, 0.5) is 0 Å². The molecule has 1 fully saturated rings. The average molecular weight is 410 g/mol. The van der Waals surface area contributed by atoms with Crippen molar-refractivity contribution in [3.63, 3.8) is 0 Å². The third-order valence-corrected chi connectivity index (χ3v) is 6.49. The number of nitrogens with zero attached hydrogens (tertiary/aromatic N) is 5. The van der Waals surface area contributed by atoms with Crippen LogP contribution < -0.4 is 10.7 Å². The van der Waals surface area contributed by atoms with E-state index >= 15 is 0 Å². The van der Waals surface area contributed by atoms with E-state index in [0.29, 0.717) is 6.04 Å². The highest BCUT2D eigenvalue weighted by Crippen LogP contribution is 2.32. The molecule has 2 aliphatic rings. The first-order valence-corrected chi connectivity index (χ1v) is 11.3. The minimum absolute atomic E-state index is 0.363. The summed E-state index contributed by atoms with van der Waals surface area (Å²) in [5.74, 6) is 1.15. The second-order valence-corrected chi connectivity index (χ2v) is 8.35. The van der Waals surface area contributed by atoms with Crippen molar-refractivity contribution in [3.05, 3.63) is 46.1 Å². The molecule has 162 valence electrons. The van der Waals surface area contributed by atoms with Gasteiger partial charge in [0.05, 0.1) is 42.2 Å². The summed E-state index contributed by atoms with van der Waals surface area (Å²) < 4.78 is 7.93. The molecule has 4 rings (SSSR count). The van der Waals surface area contributed by atoms with Crippen LogP contribution in [0, 0.1) is 0 Å². The van der Waals surface area contributed by atoms with Crippen LogP contribution in [0.5, 0.6) is 0 Å². The number of ether oxygens (including phenoxy) is 1. The van der Waals surface area contributed by atoms with Crippen LogP contribution in [-0.2, 0) is 24.2 Å². The fraction of sp³-hybridized carbons (Fsp3) is 0.583. The van der Waals surface area contributed by atoms with E-state index in [1.807, 2.05) is 6.20 Å². The molecule has 6 nitrogen and oxygen atoms in total. The zero-order valence-corrected chi connectivity index (χ0v) is 18.7. The number of hydrogen-bond acceptors (Lipinski definition) is 5. The number of morpholine rings is 1. The van der Waals surface area contributed by atoms with Gasteiger partial charge in [0.15, 0.2) is 0 Å². The zero-order chi connectivity index (χ0) is 20.9. The molecule has 1 atom stereocenters. The summed E-state index contributed by atoms with van der Waals surface area (Å²) in [5.41, 5.74) is 2.66. The van der Waals surface area contributed by atoms with Crippen LogP contribution in [0.2, 0.25) is 0 Å². The number of aromatic nitrogens is 3. The highest BCUT2D eigenvalue weighted by atomic mass is 16.5. The van der Waals surface area contributed by atoms with Gasteiger partial charge in [-0.25, -0.2) is 4.98 Å². The molecule has 6 heteroatoms. The van der Waals surface area contributed by atoms with Crippen LogP contribution in [-0.4, -0.2) is 64.2 Å². The SMILES string of the molecule is C/C=c1/nc(CN(C)C2CCCc3cccnc32)n(CCN2CCOCC2)/c1=C/C. The monoisotopic (exact) mass is 409 g/mol. The molecule has 0 radical (unpaired) electrons. The van der Waals surface area contributed by atoms with E-state index in [0.717, 1.165) is 70.0 Å². The van der Waals surface area contributed by atoms with Gasteiger partial charge in [0, 0.05) is 32.4 Å². The minimum Gasteiger partial charge on any atom is -0.379 e. The van der Waals surface area contributed by atoms with Crippen molar-refractivity contribution in [2.75, 3.05) is 39.9 Å². The maximum Gasteiger partial charge on any atom is 0.124 e.